The quantitative estimate of drug-likeness (QED) is 0.0599. The van der Waals surface area contributed by atoms with E-state index in [1.165, 1.54) is 9.78 Å². The van der Waals surface area contributed by atoms with Crippen LogP contribution in [0.2, 0.25) is 0 Å². The number of carbonyl (C=O) groups is 5. The lowest BCUT2D eigenvalue weighted by Gasteiger charge is -2.35. The fraction of sp³-hybridized carbons (Fsp3) is 0.571. The van der Waals surface area contributed by atoms with Gasteiger partial charge in [0.05, 0.1) is 61.8 Å². The number of nitrogens with zero attached hydrogens (tertiary/aromatic N) is 8. The van der Waals surface area contributed by atoms with Gasteiger partial charge in [0.1, 0.15) is 18.7 Å². The molecule has 0 radical (unpaired) electrons. The van der Waals surface area contributed by atoms with Gasteiger partial charge in [-0.1, -0.05) is 51.1 Å². The molecule has 3 aromatic heterocycles. The third-order valence-electron chi connectivity index (χ3n) is 12.0. The third kappa shape index (κ3) is 16.9. The summed E-state index contributed by atoms with van der Waals surface area (Å²) < 4.78 is 16.7. The van der Waals surface area contributed by atoms with E-state index in [1.807, 2.05) is 73.2 Å². The molecule has 72 heavy (non-hydrogen) atoms. The summed E-state index contributed by atoms with van der Waals surface area (Å²) in [5.74, 6) is -0.312. The van der Waals surface area contributed by atoms with Crippen molar-refractivity contribution in [2.75, 3.05) is 114 Å². The number of thiophene rings is 1. The molecule has 3 atom stereocenters. The lowest BCUT2D eigenvalue weighted by Crippen LogP contribution is -2.58. The molecule has 0 bridgehead atoms. The average Bonchev–Trinajstić information content (AvgIpc) is 4.08. The molecule has 5 amide bonds. The highest BCUT2D eigenvalue weighted by atomic mass is 32.1. The van der Waals surface area contributed by atoms with Gasteiger partial charge in [-0.3, -0.25) is 24.0 Å². The summed E-state index contributed by atoms with van der Waals surface area (Å²) in [5, 5.41) is 24.5. The number of carbonyl (C=O) groups excluding carboxylic acids is 5. The molecule has 4 aromatic rings. The van der Waals surface area contributed by atoms with E-state index in [0.717, 1.165) is 34.5 Å². The first-order valence-corrected chi connectivity index (χ1v) is 26.1. The smallest absolute Gasteiger partial charge is 0.246 e. The second-order valence-corrected chi connectivity index (χ2v) is 20.7. The van der Waals surface area contributed by atoms with Crippen molar-refractivity contribution in [3.8, 4) is 10.4 Å². The number of hydrogen-bond acceptors (Lipinski definition) is 18. The number of aliphatic hydroxyl groups excluding tert-OH is 1. The first kappa shape index (κ1) is 55.5. The van der Waals surface area contributed by atoms with E-state index in [9.17, 15) is 29.1 Å². The minimum Gasteiger partial charge on any atom is -0.391 e. The SMILES string of the molecule is CC(=O)N1CCCN(c2nc(NCCc3cccs3)nc(N(C)CC(=O)NCCOCCOCCOCC(=O)N[C@H](C(=O)N3C[C@@H](O)C[C@@H]3C(=O)NCc3ccc(-c4scnc4C)cc3)C(C)(C)C)n2)CC1. The fourth-order valence-corrected chi connectivity index (χ4v) is 9.64. The maximum Gasteiger partial charge on any atom is 0.246 e. The van der Waals surface area contributed by atoms with Crippen molar-refractivity contribution < 1.29 is 43.3 Å². The number of benzene rings is 1. The number of aromatic nitrogens is 4. The van der Waals surface area contributed by atoms with Crippen LogP contribution in [0.3, 0.4) is 0 Å². The highest BCUT2D eigenvalue weighted by Gasteiger charge is 2.44. The van der Waals surface area contributed by atoms with E-state index >= 15 is 0 Å². The van der Waals surface area contributed by atoms with Crippen LogP contribution >= 0.6 is 22.7 Å². The Kier molecular flexibility index (Phi) is 21.0. The number of β-amino-alcohol motifs (C(OH)–C–C–N with tert-alkyl or cyclic N) is 1. The van der Waals surface area contributed by atoms with Gasteiger partial charge < -0.3 is 60.2 Å². The van der Waals surface area contributed by atoms with E-state index in [1.54, 1.807) is 47.1 Å². The molecule has 2 saturated heterocycles. The summed E-state index contributed by atoms with van der Waals surface area (Å²) in [7, 11) is 1.75. The summed E-state index contributed by atoms with van der Waals surface area (Å²) in [6, 6.07) is 10.1. The number of likely N-dealkylation sites (N-methyl/N-ethyl adjacent to an activating group) is 1. The Morgan fingerprint density at radius 1 is 0.889 bits per heavy atom. The van der Waals surface area contributed by atoms with Gasteiger partial charge in [0.2, 0.25) is 47.4 Å². The van der Waals surface area contributed by atoms with Crippen molar-refractivity contribution in [3.05, 3.63) is 63.4 Å². The highest BCUT2D eigenvalue weighted by molar-refractivity contribution is 7.13. The van der Waals surface area contributed by atoms with Gasteiger partial charge in [0.15, 0.2) is 0 Å². The molecule has 0 aliphatic carbocycles. The minimum atomic E-state index is -0.986. The Hall–Kier alpha value is -5.85. The molecule has 1 aromatic carbocycles. The molecule has 21 nitrogen and oxygen atoms in total. The molecule has 2 fully saturated rings. The standard InChI is InChI=1S/C49H70N12O9S2/c1-33-42(72-32-53-33)36-12-10-35(11-13-36)28-52-44(66)39-27-37(63)29-61(39)45(67)43(49(3,4)5)54-41(65)31-70-25-24-69-23-22-68-21-16-50-40(64)30-58(6)47-55-46(51-15-14-38-9-7-26-71-38)56-48(57-47)60-18-8-17-59(19-20-60)34(2)62/h7,9-13,26,32,37,39,43,63H,8,14-25,27-31H2,1-6H3,(H,50,64)(H,52,66)(H,54,65)(H,51,55,56,57)/t37-,39+,43+/m0/s1. The van der Waals surface area contributed by atoms with E-state index in [4.69, 9.17) is 24.2 Å². The predicted octanol–water partition coefficient (Wildman–Crippen LogP) is 2.49. The van der Waals surface area contributed by atoms with Crippen molar-refractivity contribution in [1.82, 2.24) is 45.7 Å². The van der Waals surface area contributed by atoms with Gasteiger partial charge in [-0.25, -0.2) is 4.98 Å². The number of aliphatic hydroxyl groups is 1. The zero-order chi connectivity index (χ0) is 51.6. The molecule has 5 heterocycles. The van der Waals surface area contributed by atoms with Gasteiger partial charge in [0.25, 0.3) is 0 Å². The zero-order valence-electron chi connectivity index (χ0n) is 42.2. The van der Waals surface area contributed by atoms with Gasteiger partial charge in [-0.05, 0) is 47.8 Å². The average molecular weight is 1040 g/mol. The van der Waals surface area contributed by atoms with Crippen LogP contribution in [-0.4, -0.2) is 182 Å². The molecule has 2 aliphatic heterocycles. The second kappa shape index (κ2) is 27.3. The molecule has 0 saturated carbocycles. The van der Waals surface area contributed by atoms with Crippen LogP contribution in [0.5, 0.6) is 0 Å². The fourth-order valence-electron chi connectivity index (χ4n) is 8.12. The number of amides is 5. The van der Waals surface area contributed by atoms with Gasteiger partial charge in [0, 0.05) is 77.6 Å². The highest BCUT2D eigenvalue weighted by Crippen LogP contribution is 2.29. The number of hydrogen-bond donors (Lipinski definition) is 5. The van der Waals surface area contributed by atoms with E-state index in [2.05, 4.69) is 37.3 Å². The van der Waals surface area contributed by atoms with Crippen molar-refractivity contribution in [2.24, 2.45) is 5.41 Å². The van der Waals surface area contributed by atoms with E-state index in [-0.39, 0.29) is 90.0 Å². The Morgan fingerprint density at radius 2 is 1.64 bits per heavy atom. The Balaban J connectivity index is 0.853. The lowest BCUT2D eigenvalue weighted by molar-refractivity contribution is -0.144. The molecule has 0 unspecified atom stereocenters. The summed E-state index contributed by atoms with van der Waals surface area (Å²) >= 11 is 3.25. The maximum atomic E-state index is 14.0. The minimum absolute atomic E-state index is 0.00151. The van der Waals surface area contributed by atoms with Crippen LogP contribution in [0.4, 0.5) is 17.8 Å². The summed E-state index contributed by atoms with van der Waals surface area (Å²) in [6.45, 7) is 13.4. The molecule has 6 rings (SSSR count). The van der Waals surface area contributed by atoms with Crippen molar-refractivity contribution in [2.45, 2.75) is 78.6 Å². The van der Waals surface area contributed by atoms with Crippen molar-refractivity contribution in [3.63, 3.8) is 0 Å². The summed E-state index contributed by atoms with van der Waals surface area (Å²) in [5.41, 5.74) is 3.97. The van der Waals surface area contributed by atoms with Gasteiger partial charge in [-0.2, -0.15) is 15.0 Å². The van der Waals surface area contributed by atoms with Crippen LogP contribution in [0.25, 0.3) is 10.4 Å². The van der Waals surface area contributed by atoms with Crippen LogP contribution in [0.15, 0.2) is 47.3 Å². The maximum absolute atomic E-state index is 14.0. The topological polar surface area (TPSA) is 246 Å². The number of rotatable bonds is 25. The van der Waals surface area contributed by atoms with Crippen LogP contribution in [0, 0.1) is 12.3 Å². The van der Waals surface area contributed by atoms with Crippen LogP contribution < -0.4 is 31.1 Å². The monoisotopic (exact) mass is 1030 g/mol. The molecule has 23 heteroatoms. The van der Waals surface area contributed by atoms with Gasteiger partial charge >= 0.3 is 0 Å². The third-order valence-corrected chi connectivity index (χ3v) is 14.0. The van der Waals surface area contributed by atoms with Gasteiger partial charge in [-0.15, -0.1) is 22.7 Å². The number of thiazole rings is 1. The molecule has 2 aliphatic rings. The Labute approximate surface area is 429 Å². The van der Waals surface area contributed by atoms with Crippen molar-refractivity contribution in [1.29, 1.82) is 0 Å². The van der Waals surface area contributed by atoms with Crippen LogP contribution in [0.1, 0.15) is 56.7 Å². The summed E-state index contributed by atoms with van der Waals surface area (Å²) in [6.07, 6.45) is 0.786. The second-order valence-electron chi connectivity index (χ2n) is 18.8. The van der Waals surface area contributed by atoms with Crippen molar-refractivity contribution >= 4 is 70.1 Å². The molecule has 0 spiro atoms. The predicted molar refractivity (Wildman–Crippen MR) is 276 cm³/mol. The first-order chi connectivity index (χ1) is 34.5. The molecular formula is C49H70N12O9S2. The largest absolute Gasteiger partial charge is 0.391 e. The number of aryl methyl sites for hydroxylation is 1. The van der Waals surface area contributed by atoms with E-state index in [0.29, 0.717) is 50.6 Å². The first-order valence-electron chi connectivity index (χ1n) is 24.3. The molecule has 5 N–H and O–H groups in total. The summed E-state index contributed by atoms with van der Waals surface area (Å²) in [4.78, 5) is 93.0. The number of nitrogens with one attached hydrogen (secondary N) is 4. The lowest BCUT2D eigenvalue weighted by atomic mass is 9.85. The van der Waals surface area contributed by atoms with Crippen LogP contribution in [-0.2, 0) is 51.1 Å². The number of likely N-dealkylation sites (tertiary alicyclic amines) is 1. The normalized spacial score (nSPS) is 16.5. The van der Waals surface area contributed by atoms with E-state index < -0.39 is 35.4 Å². The molecular weight excluding hydrogens is 965 g/mol. The number of ether oxygens (including phenoxy) is 3. The zero-order valence-corrected chi connectivity index (χ0v) is 43.8. The number of anilines is 3. The Bertz CT molecular complexity index is 2380. The molecule has 392 valence electrons. The Morgan fingerprint density at radius 3 is 2.33 bits per heavy atom.